The standard InChI is InChI=1S/C27H20NS.C13H24O2.Ir/c1-18-13-19(2)15-22(14-18)24-16-23-25(17-28-24)29-27(21-11-7-4-8-12-21)26(23)20-9-5-3-6-10-20;1-5-10(6-2)12(14)9-13(15)11(7-3)8-4;/h3-14,16-17H,1-2H3;9-11,14H,5-8H2,1-4H3;/q-1;;/b;12-9-;. The topological polar surface area (TPSA) is 50.2 Å². The average Bonchev–Trinajstić information content (AvgIpc) is 3.42. The van der Waals surface area contributed by atoms with E-state index in [1.807, 2.05) is 45.2 Å². The summed E-state index contributed by atoms with van der Waals surface area (Å²) >= 11 is 1.81. The maximum absolute atomic E-state index is 11.7. The molecule has 0 saturated carbocycles. The number of allylic oxidation sites excluding steroid dienone is 2. The van der Waals surface area contributed by atoms with Crippen molar-refractivity contribution in [1.82, 2.24) is 4.98 Å². The molecule has 0 bridgehead atoms. The second kappa shape index (κ2) is 17.4. The van der Waals surface area contributed by atoms with Crippen LogP contribution in [0.15, 0.2) is 96.9 Å². The number of hydrogen-bond acceptors (Lipinski definition) is 4. The van der Waals surface area contributed by atoms with Gasteiger partial charge in [0.25, 0.3) is 0 Å². The fourth-order valence-electron chi connectivity index (χ4n) is 5.65. The van der Waals surface area contributed by atoms with E-state index in [9.17, 15) is 9.90 Å². The van der Waals surface area contributed by atoms with Crippen LogP contribution in [0.3, 0.4) is 0 Å². The number of fused-ring (bicyclic) bond motifs is 1. The van der Waals surface area contributed by atoms with E-state index in [2.05, 4.69) is 98.8 Å². The molecule has 0 spiro atoms. The Balaban J connectivity index is 0.000000297. The third-order valence-corrected chi connectivity index (χ3v) is 9.37. The first kappa shape index (κ1) is 36.1. The molecule has 237 valence electrons. The molecule has 2 aromatic heterocycles. The number of pyridine rings is 1. The summed E-state index contributed by atoms with van der Waals surface area (Å²) < 4.78 is 1.20. The van der Waals surface area contributed by atoms with Crippen LogP contribution in [0.25, 0.3) is 42.9 Å². The zero-order chi connectivity index (χ0) is 31.6. The van der Waals surface area contributed by atoms with Gasteiger partial charge in [-0.15, -0.1) is 46.2 Å². The maximum Gasteiger partial charge on any atom is 0.162 e. The molecule has 0 aliphatic heterocycles. The van der Waals surface area contributed by atoms with E-state index < -0.39 is 0 Å². The smallest absolute Gasteiger partial charge is 0.162 e. The van der Waals surface area contributed by atoms with Crippen molar-refractivity contribution in [1.29, 1.82) is 0 Å². The van der Waals surface area contributed by atoms with Gasteiger partial charge in [0.15, 0.2) is 5.78 Å². The van der Waals surface area contributed by atoms with Crippen LogP contribution in [0.5, 0.6) is 0 Å². The third-order valence-electron chi connectivity index (χ3n) is 8.18. The molecule has 1 radical (unpaired) electrons. The number of rotatable bonds is 10. The van der Waals surface area contributed by atoms with E-state index in [1.54, 1.807) is 0 Å². The van der Waals surface area contributed by atoms with E-state index >= 15 is 0 Å². The van der Waals surface area contributed by atoms with Crippen molar-refractivity contribution in [2.75, 3.05) is 0 Å². The van der Waals surface area contributed by atoms with Gasteiger partial charge in [-0.2, -0.15) is 0 Å². The molecule has 1 N–H and O–H groups in total. The van der Waals surface area contributed by atoms with Crippen molar-refractivity contribution in [2.24, 2.45) is 11.8 Å². The Hall–Kier alpha value is -3.37. The van der Waals surface area contributed by atoms with Gasteiger partial charge >= 0.3 is 0 Å². The molecule has 0 atom stereocenters. The molecule has 5 heteroatoms. The Labute approximate surface area is 286 Å². The molecule has 3 nitrogen and oxygen atoms in total. The monoisotopic (exact) mass is 795 g/mol. The first-order valence-corrected chi connectivity index (χ1v) is 16.6. The number of aliphatic hydroxyl groups excluding tert-OH is 1. The van der Waals surface area contributed by atoms with E-state index in [-0.39, 0.29) is 43.5 Å². The van der Waals surface area contributed by atoms with Crippen molar-refractivity contribution >= 4 is 27.2 Å². The van der Waals surface area contributed by atoms with Gasteiger partial charge in [0.2, 0.25) is 0 Å². The summed E-state index contributed by atoms with van der Waals surface area (Å²) in [6, 6.07) is 31.3. The molecule has 0 saturated heterocycles. The first-order valence-electron chi connectivity index (χ1n) is 15.8. The van der Waals surface area contributed by atoms with E-state index in [0.717, 1.165) is 42.5 Å². The van der Waals surface area contributed by atoms with E-state index in [0.29, 0.717) is 0 Å². The number of hydrogen-bond donors (Lipinski definition) is 1. The summed E-state index contributed by atoms with van der Waals surface area (Å²) in [5.74, 6) is 0.547. The Morgan fingerprint density at radius 1 is 0.844 bits per heavy atom. The van der Waals surface area contributed by atoms with Crippen LogP contribution in [0, 0.1) is 31.7 Å². The summed E-state index contributed by atoms with van der Waals surface area (Å²) in [5.41, 5.74) is 8.16. The molecule has 0 amide bonds. The number of benzene rings is 3. The van der Waals surface area contributed by atoms with Crippen molar-refractivity contribution in [3.63, 3.8) is 0 Å². The molecule has 2 heterocycles. The van der Waals surface area contributed by atoms with Crippen LogP contribution in [-0.2, 0) is 24.9 Å². The van der Waals surface area contributed by atoms with Crippen LogP contribution < -0.4 is 0 Å². The summed E-state index contributed by atoms with van der Waals surface area (Å²) in [7, 11) is 0. The van der Waals surface area contributed by atoms with Crippen molar-refractivity contribution in [3.05, 3.63) is 114 Å². The summed E-state index contributed by atoms with van der Waals surface area (Å²) in [6.45, 7) is 12.3. The zero-order valence-electron chi connectivity index (χ0n) is 27.2. The third kappa shape index (κ3) is 9.10. The summed E-state index contributed by atoms with van der Waals surface area (Å²) in [6.07, 6.45) is 6.92. The molecule has 0 aliphatic rings. The number of carbonyl (C=O) groups excluding carboxylic acids is 1. The number of aromatic nitrogens is 1. The SMILES string of the molecule is CCC(CC)C(=O)/C=C(\O)C(CC)CC.Cc1[c-]c(-c2cc3c(-c4ccccc4)c(-c4ccccc4)sc3cn2)cc(C)c1.[Ir]. The maximum atomic E-state index is 11.7. The van der Waals surface area contributed by atoms with Gasteiger partial charge in [-0.25, -0.2) is 0 Å². The Morgan fingerprint density at radius 2 is 1.42 bits per heavy atom. The number of nitrogens with zero attached hydrogens (tertiary/aromatic N) is 1. The van der Waals surface area contributed by atoms with Gasteiger partial charge in [0.1, 0.15) is 0 Å². The molecular weight excluding hydrogens is 751 g/mol. The molecular formula is C40H44IrNO2S-. The molecule has 0 fully saturated rings. The molecule has 0 aliphatic carbocycles. The Kier molecular flexibility index (Phi) is 13.9. The Bertz CT molecular complexity index is 1680. The number of thiophene rings is 1. The minimum absolute atomic E-state index is 0. The summed E-state index contributed by atoms with van der Waals surface area (Å²) in [4.78, 5) is 17.8. The number of ketones is 1. The molecule has 0 unspecified atom stereocenters. The van der Waals surface area contributed by atoms with Crippen LogP contribution in [0.2, 0.25) is 0 Å². The summed E-state index contributed by atoms with van der Waals surface area (Å²) in [5, 5.41) is 11.0. The second-order valence-electron chi connectivity index (χ2n) is 11.4. The number of aryl methyl sites for hydroxylation is 2. The number of carbonyl (C=O) groups is 1. The minimum Gasteiger partial charge on any atom is -0.512 e. The van der Waals surface area contributed by atoms with E-state index in [4.69, 9.17) is 4.98 Å². The van der Waals surface area contributed by atoms with Crippen molar-refractivity contribution in [2.45, 2.75) is 67.2 Å². The van der Waals surface area contributed by atoms with Gasteiger partial charge in [0, 0.05) is 54.7 Å². The fourth-order valence-corrected chi connectivity index (χ4v) is 6.83. The van der Waals surface area contributed by atoms with Gasteiger partial charge < -0.3 is 10.1 Å². The van der Waals surface area contributed by atoms with Crippen LogP contribution in [0.1, 0.15) is 64.5 Å². The zero-order valence-corrected chi connectivity index (χ0v) is 30.4. The number of aliphatic hydroxyl groups is 1. The Morgan fingerprint density at radius 3 is 1.98 bits per heavy atom. The quantitative estimate of drug-likeness (QED) is 0.0870. The van der Waals surface area contributed by atoms with Crippen LogP contribution in [0.4, 0.5) is 0 Å². The normalized spacial score (nSPS) is 11.3. The van der Waals surface area contributed by atoms with E-state index in [1.165, 1.54) is 43.3 Å². The largest absolute Gasteiger partial charge is 0.512 e. The van der Waals surface area contributed by atoms with Gasteiger partial charge in [-0.3, -0.25) is 4.79 Å². The fraction of sp³-hybridized carbons (Fsp3) is 0.300. The predicted octanol–water partition coefficient (Wildman–Crippen LogP) is 11.6. The van der Waals surface area contributed by atoms with Crippen LogP contribution in [-0.4, -0.2) is 15.9 Å². The first-order chi connectivity index (χ1) is 21.3. The van der Waals surface area contributed by atoms with Gasteiger partial charge in [-0.1, -0.05) is 108 Å². The molecule has 3 aromatic carbocycles. The molecule has 5 rings (SSSR count). The van der Waals surface area contributed by atoms with Crippen molar-refractivity contribution in [3.8, 4) is 32.8 Å². The van der Waals surface area contributed by atoms with Gasteiger partial charge in [0.05, 0.1) is 10.5 Å². The predicted molar refractivity (Wildman–Crippen MR) is 188 cm³/mol. The molecule has 45 heavy (non-hydrogen) atoms. The second-order valence-corrected chi connectivity index (χ2v) is 12.4. The average molecular weight is 795 g/mol. The molecule has 5 aromatic rings. The van der Waals surface area contributed by atoms with Crippen molar-refractivity contribution < 1.29 is 30.0 Å². The van der Waals surface area contributed by atoms with Gasteiger partial charge in [-0.05, 0) is 47.9 Å². The minimum atomic E-state index is 0. The van der Waals surface area contributed by atoms with Crippen LogP contribution >= 0.6 is 11.3 Å².